The van der Waals surface area contributed by atoms with Gasteiger partial charge < -0.3 is 20.9 Å². The van der Waals surface area contributed by atoms with Crippen LogP contribution >= 0.6 is 0 Å². The van der Waals surface area contributed by atoms with E-state index < -0.39 is 11.9 Å². The molecule has 0 aliphatic carbocycles. The molecule has 6 aromatic carbocycles. The summed E-state index contributed by atoms with van der Waals surface area (Å²) in [6, 6.07) is 44.9. The van der Waals surface area contributed by atoms with Gasteiger partial charge in [-0.25, -0.2) is 9.59 Å². The number of nitrogen functional groups attached to an aromatic ring is 2. The van der Waals surface area contributed by atoms with E-state index in [-0.39, 0.29) is 58.0 Å². The molecule has 0 amide bonds. The summed E-state index contributed by atoms with van der Waals surface area (Å²) in [4.78, 5) is 25.7. The maximum atomic E-state index is 12.8. The molecule has 6 rings (SSSR count). The maximum absolute atomic E-state index is 12.8. The van der Waals surface area contributed by atoms with Crippen molar-refractivity contribution >= 4 is 23.3 Å². The molecule has 0 spiro atoms. The Labute approximate surface area is 324 Å². The van der Waals surface area contributed by atoms with Gasteiger partial charge in [0.2, 0.25) is 0 Å². The van der Waals surface area contributed by atoms with Crippen molar-refractivity contribution in [1.82, 2.24) is 0 Å². The highest BCUT2D eigenvalue weighted by atomic mass is 16.5. The Morgan fingerprint density at radius 1 is 0.446 bits per heavy atom. The second-order valence-corrected chi connectivity index (χ2v) is 11.9. The minimum atomic E-state index is -0.647. The number of nitrogens with zero attached hydrogens (tertiary/aromatic N) is 4. The number of rotatable bonds is 8. The van der Waals surface area contributed by atoms with Gasteiger partial charge in [0.25, 0.3) is 0 Å². The smallest absolute Gasteiger partial charge is 0.340 e. The summed E-state index contributed by atoms with van der Waals surface area (Å²) in [5, 5.41) is 39.1. The number of anilines is 2. The standard InChI is InChI=1S/2C23H17N3O2/c2*1-2-28-23(27)21-18(14-25)22(26)17(13-24)19(15-9-5-3-6-10-15)20(21)16-11-7-4-8-12-16/h2*3-12H,2,26H2,1H3. The van der Waals surface area contributed by atoms with Gasteiger partial charge in [-0.1, -0.05) is 121 Å². The number of esters is 2. The van der Waals surface area contributed by atoms with Crippen LogP contribution in [-0.4, -0.2) is 25.2 Å². The van der Waals surface area contributed by atoms with Crippen LogP contribution in [0.3, 0.4) is 0 Å². The molecule has 10 heteroatoms. The molecule has 6 aromatic rings. The number of nitriles is 4. The topological polar surface area (TPSA) is 200 Å². The zero-order chi connectivity index (χ0) is 40.2. The number of carbonyl (C=O) groups excluding carboxylic acids is 2. The van der Waals surface area contributed by atoms with E-state index in [2.05, 4.69) is 12.1 Å². The zero-order valence-electron chi connectivity index (χ0n) is 30.5. The van der Waals surface area contributed by atoms with Gasteiger partial charge in [0.1, 0.15) is 24.3 Å². The summed E-state index contributed by atoms with van der Waals surface area (Å²) in [7, 11) is 0. The van der Waals surface area contributed by atoms with E-state index in [0.717, 1.165) is 11.1 Å². The van der Waals surface area contributed by atoms with Gasteiger partial charge in [-0.15, -0.1) is 0 Å². The predicted octanol–water partition coefficient (Wildman–Crippen LogP) is 9.05. The predicted molar refractivity (Wildman–Crippen MR) is 214 cm³/mol. The van der Waals surface area contributed by atoms with Crippen LogP contribution in [0.15, 0.2) is 121 Å². The number of nitrogens with two attached hydrogens (primary N) is 2. The van der Waals surface area contributed by atoms with Crippen molar-refractivity contribution in [3.63, 3.8) is 0 Å². The molecule has 0 saturated carbocycles. The van der Waals surface area contributed by atoms with Crippen LogP contribution in [0.4, 0.5) is 11.4 Å². The lowest BCUT2D eigenvalue weighted by Crippen LogP contribution is -2.13. The summed E-state index contributed by atoms with van der Waals surface area (Å²) in [5.41, 5.74) is 17.5. The molecule has 10 nitrogen and oxygen atoms in total. The third-order valence-corrected chi connectivity index (χ3v) is 8.73. The van der Waals surface area contributed by atoms with Crippen molar-refractivity contribution < 1.29 is 19.1 Å². The number of carbonyl (C=O) groups is 2. The molecule has 0 saturated heterocycles. The number of ether oxygens (including phenoxy) is 2. The Morgan fingerprint density at radius 3 is 0.929 bits per heavy atom. The Morgan fingerprint density at radius 2 is 0.696 bits per heavy atom. The Balaban J connectivity index is 0.000000214. The van der Waals surface area contributed by atoms with Crippen molar-refractivity contribution in [3.05, 3.63) is 155 Å². The lowest BCUT2D eigenvalue weighted by Gasteiger charge is -2.20. The van der Waals surface area contributed by atoms with E-state index in [4.69, 9.17) is 20.9 Å². The van der Waals surface area contributed by atoms with Crippen molar-refractivity contribution in [1.29, 1.82) is 21.0 Å². The minimum Gasteiger partial charge on any atom is -0.462 e. The molecular formula is C46H34N6O4. The molecule has 0 aliphatic heterocycles. The van der Waals surface area contributed by atoms with Crippen LogP contribution in [0.1, 0.15) is 56.8 Å². The van der Waals surface area contributed by atoms with Crippen molar-refractivity contribution in [2.75, 3.05) is 24.7 Å². The second-order valence-electron chi connectivity index (χ2n) is 11.9. The largest absolute Gasteiger partial charge is 0.462 e. The van der Waals surface area contributed by atoms with Crippen molar-refractivity contribution in [2.24, 2.45) is 0 Å². The lowest BCUT2D eigenvalue weighted by atomic mass is 9.83. The van der Waals surface area contributed by atoms with Crippen molar-refractivity contribution in [2.45, 2.75) is 13.8 Å². The van der Waals surface area contributed by atoms with Gasteiger partial charge in [-0.3, -0.25) is 0 Å². The van der Waals surface area contributed by atoms with Gasteiger partial charge in [0.15, 0.2) is 0 Å². The zero-order valence-corrected chi connectivity index (χ0v) is 30.5. The molecule has 0 atom stereocenters. The fourth-order valence-electron chi connectivity index (χ4n) is 6.39. The molecule has 4 N–H and O–H groups in total. The van der Waals surface area contributed by atoms with Crippen LogP contribution in [0, 0.1) is 45.3 Å². The highest BCUT2D eigenvalue weighted by Gasteiger charge is 2.30. The highest BCUT2D eigenvalue weighted by molar-refractivity contribution is 6.09. The maximum Gasteiger partial charge on any atom is 0.340 e. The molecule has 0 fully saturated rings. The normalized spacial score (nSPS) is 9.96. The molecule has 0 bridgehead atoms. The first-order valence-electron chi connectivity index (χ1n) is 17.4. The van der Waals surface area contributed by atoms with E-state index in [1.54, 1.807) is 13.8 Å². The van der Waals surface area contributed by atoms with Crippen LogP contribution in [0.5, 0.6) is 0 Å². The van der Waals surface area contributed by atoms with E-state index in [1.807, 2.05) is 133 Å². The third kappa shape index (κ3) is 7.63. The van der Waals surface area contributed by atoms with Crippen molar-refractivity contribution in [3.8, 4) is 68.8 Å². The fourth-order valence-corrected chi connectivity index (χ4v) is 6.39. The van der Waals surface area contributed by atoms with Crippen LogP contribution in [-0.2, 0) is 9.47 Å². The average Bonchev–Trinajstić information content (AvgIpc) is 3.24. The van der Waals surface area contributed by atoms with E-state index >= 15 is 0 Å². The summed E-state index contributed by atoms with van der Waals surface area (Å²) >= 11 is 0. The Kier molecular flexibility index (Phi) is 12.6. The molecule has 272 valence electrons. The summed E-state index contributed by atoms with van der Waals surface area (Å²) in [6.45, 7) is 3.69. The first-order valence-corrected chi connectivity index (χ1v) is 17.4. The first kappa shape index (κ1) is 39.0. The van der Waals surface area contributed by atoms with Gasteiger partial charge in [-0.05, 0) is 36.1 Å². The third-order valence-electron chi connectivity index (χ3n) is 8.73. The van der Waals surface area contributed by atoms with E-state index in [9.17, 15) is 30.6 Å². The average molecular weight is 735 g/mol. The van der Waals surface area contributed by atoms with E-state index in [1.165, 1.54) is 0 Å². The second kappa shape index (κ2) is 18.0. The number of benzene rings is 6. The first-order chi connectivity index (χ1) is 27.3. The molecule has 0 unspecified atom stereocenters. The van der Waals surface area contributed by atoms with Crippen LogP contribution in [0.25, 0.3) is 44.5 Å². The van der Waals surface area contributed by atoms with Crippen LogP contribution < -0.4 is 11.5 Å². The van der Waals surface area contributed by atoms with Gasteiger partial charge in [-0.2, -0.15) is 21.0 Å². The monoisotopic (exact) mass is 734 g/mol. The Hall–Kier alpha value is -8.18. The quantitative estimate of drug-likeness (QED) is 0.112. The number of hydrogen-bond donors (Lipinski definition) is 2. The number of hydrogen-bond acceptors (Lipinski definition) is 10. The van der Waals surface area contributed by atoms with E-state index in [0.29, 0.717) is 33.4 Å². The molecule has 0 aromatic heterocycles. The van der Waals surface area contributed by atoms with Gasteiger partial charge >= 0.3 is 11.9 Å². The summed E-state index contributed by atoms with van der Waals surface area (Å²) in [6.07, 6.45) is 0. The lowest BCUT2D eigenvalue weighted by molar-refractivity contribution is 0.0517. The van der Waals surface area contributed by atoms with Gasteiger partial charge in [0, 0.05) is 22.3 Å². The molecular weight excluding hydrogens is 701 g/mol. The SMILES string of the molecule is CCOC(=O)c1c(C#N)c(N)c(C#N)c(-c2ccccc2)c1-c1ccccc1.CCOC(=O)c1c(C#N)c(N)c(C#N)c(-c2ccccc2)c1-c1ccccc1. The molecule has 0 radical (unpaired) electrons. The molecule has 0 aliphatic rings. The van der Waals surface area contributed by atoms with Gasteiger partial charge in [0.05, 0.1) is 58.0 Å². The summed E-state index contributed by atoms with van der Waals surface area (Å²) < 4.78 is 10.4. The highest BCUT2D eigenvalue weighted by Crippen LogP contribution is 2.44. The Bertz CT molecular complexity index is 2400. The minimum absolute atomic E-state index is 0.0217. The fraction of sp³-hybridized carbons (Fsp3) is 0.0870. The summed E-state index contributed by atoms with van der Waals surface area (Å²) in [5.74, 6) is -1.29. The molecule has 0 heterocycles. The molecule has 56 heavy (non-hydrogen) atoms. The van der Waals surface area contributed by atoms with Crippen LogP contribution in [0.2, 0.25) is 0 Å².